The number of benzene rings is 3. The summed E-state index contributed by atoms with van der Waals surface area (Å²) in [6, 6.07) is 22.6. The van der Waals surface area contributed by atoms with Crippen LogP contribution in [0.3, 0.4) is 0 Å². The molecule has 8 nitrogen and oxygen atoms in total. The molecule has 156 valence electrons. The molecular formula is C22H18N4O4S. The second kappa shape index (κ2) is 9.65. The lowest BCUT2D eigenvalue weighted by atomic mass is 10.2. The van der Waals surface area contributed by atoms with Crippen LogP contribution in [0.15, 0.2) is 88.8 Å². The highest BCUT2D eigenvalue weighted by Crippen LogP contribution is 2.25. The Morgan fingerprint density at radius 3 is 2.39 bits per heavy atom. The van der Waals surface area contributed by atoms with Gasteiger partial charge in [-0.25, -0.2) is 8.42 Å². The van der Waals surface area contributed by atoms with Gasteiger partial charge in [0.25, 0.3) is 15.7 Å². The van der Waals surface area contributed by atoms with Gasteiger partial charge in [0.05, 0.1) is 33.7 Å². The van der Waals surface area contributed by atoms with E-state index in [1.807, 2.05) is 6.07 Å². The highest BCUT2D eigenvalue weighted by Gasteiger charge is 2.24. The third-order valence-corrected chi connectivity index (χ3v) is 6.18. The van der Waals surface area contributed by atoms with E-state index < -0.39 is 14.9 Å². The Morgan fingerprint density at radius 2 is 1.74 bits per heavy atom. The van der Waals surface area contributed by atoms with E-state index in [9.17, 15) is 18.5 Å². The predicted octanol–water partition coefficient (Wildman–Crippen LogP) is 4.45. The molecule has 0 unspecified atom stereocenters. The maximum atomic E-state index is 13.1. The van der Waals surface area contributed by atoms with Crippen molar-refractivity contribution < 1.29 is 13.3 Å². The van der Waals surface area contributed by atoms with Crippen LogP contribution in [0.1, 0.15) is 12.0 Å². The highest BCUT2D eigenvalue weighted by atomic mass is 32.2. The summed E-state index contributed by atoms with van der Waals surface area (Å²) >= 11 is 0. The number of nitriles is 1. The molecule has 0 radical (unpaired) electrons. The molecule has 31 heavy (non-hydrogen) atoms. The van der Waals surface area contributed by atoms with Gasteiger partial charge in [-0.2, -0.15) is 5.26 Å². The van der Waals surface area contributed by atoms with E-state index in [2.05, 4.69) is 4.99 Å². The van der Waals surface area contributed by atoms with E-state index in [1.165, 1.54) is 34.8 Å². The Kier molecular flexibility index (Phi) is 6.74. The highest BCUT2D eigenvalue weighted by molar-refractivity contribution is 7.92. The molecular weight excluding hydrogens is 416 g/mol. The quantitative estimate of drug-likeness (QED) is 0.295. The van der Waals surface area contributed by atoms with Crippen molar-refractivity contribution in [3.05, 3.63) is 94.5 Å². The number of anilines is 1. The number of non-ortho nitro benzene ring substituents is 1. The Bertz CT molecular complexity index is 1230. The molecule has 0 heterocycles. The minimum Gasteiger partial charge on any atom is -0.265 e. The number of hydrogen-bond acceptors (Lipinski definition) is 6. The number of nitrogens with zero attached hydrogens (tertiary/aromatic N) is 4. The van der Waals surface area contributed by atoms with Gasteiger partial charge in [0.2, 0.25) is 0 Å². The van der Waals surface area contributed by atoms with Crippen molar-refractivity contribution in [3.8, 4) is 6.07 Å². The van der Waals surface area contributed by atoms with Crippen LogP contribution >= 0.6 is 0 Å². The van der Waals surface area contributed by atoms with Gasteiger partial charge >= 0.3 is 0 Å². The standard InChI is InChI=1S/C22H18N4O4S/c23-14-5-15-25(31(29,30)22-8-2-1-3-9-22)20-12-10-18(11-13-20)17-24-19-6-4-7-21(16-19)26(27)28/h1-4,6-13,16-17H,5,15H2. The normalized spacial score (nSPS) is 11.2. The predicted molar refractivity (Wildman–Crippen MR) is 118 cm³/mol. The van der Waals surface area contributed by atoms with Crippen LogP contribution in [0.2, 0.25) is 0 Å². The van der Waals surface area contributed by atoms with Crippen molar-refractivity contribution in [3.63, 3.8) is 0 Å². The van der Waals surface area contributed by atoms with Crippen molar-refractivity contribution in [1.82, 2.24) is 0 Å². The molecule has 3 aromatic rings. The topological polar surface area (TPSA) is 117 Å². The van der Waals surface area contributed by atoms with Crippen molar-refractivity contribution in [2.45, 2.75) is 11.3 Å². The fraction of sp³-hybridized carbons (Fsp3) is 0.0909. The van der Waals surface area contributed by atoms with Gasteiger partial charge in [0, 0.05) is 24.9 Å². The first-order chi connectivity index (χ1) is 14.9. The molecule has 3 aromatic carbocycles. The Labute approximate surface area is 179 Å². The largest absolute Gasteiger partial charge is 0.271 e. The minimum absolute atomic E-state index is 0.0227. The summed E-state index contributed by atoms with van der Waals surface area (Å²) in [5.41, 5.74) is 1.49. The van der Waals surface area contributed by atoms with E-state index in [0.717, 1.165) is 0 Å². The van der Waals surface area contributed by atoms with Crippen LogP contribution in [0, 0.1) is 21.4 Å². The summed E-state index contributed by atoms with van der Waals surface area (Å²) in [6.45, 7) is 0.0227. The summed E-state index contributed by atoms with van der Waals surface area (Å²) in [6.07, 6.45) is 1.58. The molecule has 0 atom stereocenters. The number of sulfonamides is 1. The number of rotatable bonds is 8. The van der Waals surface area contributed by atoms with Crippen molar-refractivity contribution >= 4 is 33.3 Å². The molecule has 0 aliphatic heterocycles. The lowest BCUT2D eigenvalue weighted by Crippen LogP contribution is -2.31. The van der Waals surface area contributed by atoms with Crippen molar-refractivity contribution in [2.24, 2.45) is 4.99 Å². The maximum absolute atomic E-state index is 13.1. The van der Waals surface area contributed by atoms with Gasteiger partial charge in [0.15, 0.2) is 0 Å². The van der Waals surface area contributed by atoms with Gasteiger partial charge in [0.1, 0.15) is 0 Å². The zero-order valence-electron chi connectivity index (χ0n) is 16.3. The zero-order valence-corrected chi connectivity index (χ0v) is 17.1. The van der Waals surface area contributed by atoms with Crippen LogP contribution in [0.5, 0.6) is 0 Å². The Morgan fingerprint density at radius 1 is 1.03 bits per heavy atom. The lowest BCUT2D eigenvalue weighted by Gasteiger charge is -2.23. The molecule has 0 saturated heterocycles. The van der Waals surface area contributed by atoms with Crippen LogP contribution in [-0.4, -0.2) is 26.1 Å². The molecule has 0 spiro atoms. The molecule has 9 heteroatoms. The summed E-state index contributed by atoms with van der Waals surface area (Å²) in [4.78, 5) is 14.8. The van der Waals surface area contributed by atoms with Gasteiger partial charge < -0.3 is 0 Å². The fourth-order valence-electron chi connectivity index (χ4n) is 2.82. The van der Waals surface area contributed by atoms with Crippen molar-refractivity contribution in [2.75, 3.05) is 10.8 Å². The summed E-state index contributed by atoms with van der Waals surface area (Å²) in [5.74, 6) is 0. The summed E-state index contributed by atoms with van der Waals surface area (Å²) < 4.78 is 27.3. The third-order valence-electron chi connectivity index (χ3n) is 4.34. The van der Waals surface area contributed by atoms with Crippen molar-refractivity contribution in [1.29, 1.82) is 5.26 Å². The zero-order chi connectivity index (χ0) is 22.3. The number of aliphatic imine (C=N–C) groups is 1. The van der Waals surface area contributed by atoms with E-state index >= 15 is 0 Å². The van der Waals surface area contributed by atoms with E-state index in [1.54, 1.807) is 54.6 Å². The third kappa shape index (κ3) is 5.32. The summed E-state index contributed by atoms with van der Waals surface area (Å²) in [5, 5.41) is 19.8. The second-order valence-corrected chi connectivity index (χ2v) is 8.29. The SMILES string of the molecule is N#CCCN(c1ccc(C=Nc2cccc([N+](=O)[O-])c2)cc1)S(=O)(=O)c1ccccc1. The average molecular weight is 434 g/mol. The molecule has 3 rings (SSSR count). The van der Waals surface area contributed by atoms with Crippen LogP contribution < -0.4 is 4.31 Å². The smallest absolute Gasteiger partial charge is 0.265 e. The fourth-order valence-corrected chi connectivity index (χ4v) is 4.31. The first-order valence-electron chi connectivity index (χ1n) is 9.25. The van der Waals surface area contributed by atoms with E-state index in [4.69, 9.17) is 5.26 Å². The van der Waals surface area contributed by atoms with Gasteiger partial charge in [-0.05, 0) is 35.9 Å². The number of nitro benzene ring substituents is 1. The first-order valence-corrected chi connectivity index (χ1v) is 10.7. The molecule has 0 aliphatic carbocycles. The van der Waals surface area contributed by atoms with Gasteiger partial charge in [-0.15, -0.1) is 0 Å². The molecule has 0 saturated carbocycles. The van der Waals surface area contributed by atoms with Gasteiger partial charge in [-0.3, -0.25) is 19.4 Å². The molecule has 0 amide bonds. The first kappa shape index (κ1) is 21.7. The van der Waals surface area contributed by atoms with Crippen LogP contribution in [-0.2, 0) is 10.0 Å². The van der Waals surface area contributed by atoms with Crippen LogP contribution in [0.4, 0.5) is 17.1 Å². The Balaban J connectivity index is 1.86. The number of hydrogen-bond donors (Lipinski definition) is 0. The summed E-state index contributed by atoms with van der Waals surface area (Å²) in [7, 11) is -3.82. The number of nitro groups is 1. The molecule has 0 aliphatic rings. The molecule has 0 bridgehead atoms. The van der Waals surface area contributed by atoms with E-state index in [-0.39, 0.29) is 23.5 Å². The van der Waals surface area contributed by atoms with Crippen LogP contribution in [0.25, 0.3) is 0 Å². The maximum Gasteiger partial charge on any atom is 0.271 e. The Hall–Kier alpha value is -4.03. The second-order valence-electron chi connectivity index (χ2n) is 6.43. The van der Waals surface area contributed by atoms with Gasteiger partial charge in [-0.1, -0.05) is 36.4 Å². The monoisotopic (exact) mass is 434 g/mol. The molecule has 0 aromatic heterocycles. The molecule has 0 N–H and O–H groups in total. The minimum atomic E-state index is -3.82. The average Bonchev–Trinajstić information content (AvgIpc) is 2.79. The lowest BCUT2D eigenvalue weighted by molar-refractivity contribution is -0.384. The molecule has 0 fully saturated rings. The van der Waals surface area contributed by atoms with E-state index in [0.29, 0.717) is 16.9 Å².